The predicted molar refractivity (Wildman–Crippen MR) is 101 cm³/mol. The fourth-order valence-electron chi connectivity index (χ4n) is 3.18. The maximum atomic E-state index is 13.6. The summed E-state index contributed by atoms with van der Waals surface area (Å²) in [5, 5.41) is 9.87. The quantitative estimate of drug-likeness (QED) is 0.543. The number of alkyl halides is 3. The van der Waals surface area contributed by atoms with Gasteiger partial charge >= 0.3 is 6.18 Å². The second-order valence-electron chi connectivity index (χ2n) is 6.44. The Balaban J connectivity index is 1.67. The number of carbonyl (C=O) groups is 1. The van der Waals surface area contributed by atoms with Crippen LogP contribution in [0, 0.1) is 0 Å². The summed E-state index contributed by atoms with van der Waals surface area (Å²) in [7, 11) is 0. The van der Waals surface area contributed by atoms with Gasteiger partial charge in [0, 0.05) is 12.1 Å². The molecule has 2 atom stereocenters. The number of aromatic nitrogens is 2. The molecule has 1 amide bonds. The number of fused-ring (bicyclic) bond motifs is 1. The second kappa shape index (κ2) is 7.31. The number of hydrogen-bond acceptors (Lipinski definition) is 4. The summed E-state index contributed by atoms with van der Waals surface area (Å²) in [5.74, 6) is -0.349. The first-order chi connectivity index (χ1) is 13.7. The molecule has 3 aromatic rings. The van der Waals surface area contributed by atoms with Crippen molar-refractivity contribution in [2.45, 2.75) is 24.7 Å². The van der Waals surface area contributed by atoms with E-state index >= 15 is 0 Å². The van der Waals surface area contributed by atoms with Crippen molar-refractivity contribution < 1.29 is 22.4 Å². The van der Waals surface area contributed by atoms with Crippen molar-refractivity contribution in [2.24, 2.45) is 0 Å². The number of halogens is 5. The van der Waals surface area contributed by atoms with Gasteiger partial charge in [0.2, 0.25) is 0 Å². The zero-order valence-electron chi connectivity index (χ0n) is 14.5. The van der Waals surface area contributed by atoms with E-state index in [1.54, 1.807) is 12.1 Å². The molecule has 0 bridgehead atoms. The number of nitrogens with one attached hydrogen (secondary N) is 2. The summed E-state index contributed by atoms with van der Waals surface area (Å²) in [6.07, 6.45) is -2.40. The van der Waals surface area contributed by atoms with Gasteiger partial charge in [-0.3, -0.25) is 4.79 Å². The summed E-state index contributed by atoms with van der Waals surface area (Å²) in [6, 6.07) is 4.96. The molecule has 2 aromatic heterocycles. The molecule has 1 aromatic carbocycles. The highest BCUT2D eigenvalue weighted by Crippen LogP contribution is 2.44. The highest BCUT2D eigenvalue weighted by Gasteiger charge is 2.47. The van der Waals surface area contributed by atoms with Crippen molar-refractivity contribution in [3.63, 3.8) is 0 Å². The Labute approximate surface area is 172 Å². The van der Waals surface area contributed by atoms with Crippen molar-refractivity contribution >= 4 is 40.6 Å². The molecule has 152 valence electrons. The molecular weight excluding hydrogens is 432 g/mol. The molecule has 3 heterocycles. The Morgan fingerprint density at radius 1 is 1.28 bits per heavy atom. The molecule has 4 rings (SSSR count). The number of furan rings is 1. The molecular formula is C18H13Cl2F3N4O2. The van der Waals surface area contributed by atoms with Crippen molar-refractivity contribution in [3.05, 3.63) is 64.2 Å². The summed E-state index contributed by atoms with van der Waals surface area (Å²) in [5.41, 5.74) is 0.302. The van der Waals surface area contributed by atoms with Crippen molar-refractivity contribution in [1.82, 2.24) is 9.78 Å². The van der Waals surface area contributed by atoms with Gasteiger partial charge in [0.05, 0.1) is 28.5 Å². The third-order valence-corrected chi connectivity index (χ3v) is 5.29. The van der Waals surface area contributed by atoms with Crippen LogP contribution in [0.1, 0.15) is 34.6 Å². The minimum atomic E-state index is -4.55. The predicted octanol–water partition coefficient (Wildman–Crippen LogP) is 5.70. The minimum Gasteiger partial charge on any atom is -0.467 e. The number of anilines is 2. The van der Waals surface area contributed by atoms with Crippen LogP contribution in [0.3, 0.4) is 0 Å². The van der Waals surface area contributed by atoms with Gasteiger partial charge in [-0.25, -0.2) is 4.68 Å². The highest BCUT2D eigenvalue weighted by atomic mass is 35.5. The standard InChI is InChI=1S/C18H13Cl2F3N4O2/c19-11-4-3-9(6-12(11)20)25-17(28)10-8-24-27-15(18(21,22)23)7-13(26-16(10)27)14-2-1-5-29-14/h1-6,8,13,15,26H,7H2,(H,25,28)/t13-,15-/m0/s1. The molecule has 0 fully saturated rings. The average molecular weight is 445 g/mol. The summed E-state index contributed by atoms with van der Waals surface area (Å²) < 4.78 is 46.9. The van der Waals surface area contributed by atoms with E-state index in [-0.39, 0.29) is 22.8 Å². The first-order valence-corrected chi connectivity index (χ1v) is 9.20. The Morgan fingerprint density at radius 2 is 2.07 bits per heavy atom. The molecule has 2 N–H and O–H groups in total. The molecule has 0 aliphatic carbocycles. The molecule has 0 spiro atoms. The number of amides is 1. The number of rotatable bonds is 3. The molecule has 1 aliphatic heterocycles. The van der Waals surface area contributed by atoms with Gasteiger partial charge in [0.1, 0.15) is 17.1 Å². The Bertz CT molecular complexity index is 1050. The molecule has 29 heavy (non-hydrogen) atoms. The lowest BCUT2D eigenvalue weighted by Gasteiger charge is -2.32. The maximum absolute atomic E-state index is 13.6. The van der Waals surface area contributed by atoms with Crippen LogP contribution < -0.4 is 10.6 Å². The smallest absolute Gasteiger partial charge is 0.410 e. The average Bonchev–Trinajstić information content (AvgIpc) is 3.32. The lowest BCUT2D eigenvalue weighted by molar-refractivity contribution is -0.174. The zero-order valence-corrected chi connectivity index (χ0v) is 16.0. The number of hydrogen-bond donors (Lipinski definition) is 2. The van der Waals surface area contributed by atoms with Crippen LogP contribution in [0.15, 0.2) is 47.2 Å². The van der Waals surface area contributed by atoms with E-state index < -0.39 is 24.2 Å². The summed E-state index contributed by atoms with van der Waals surface area (Å²) in [4.78, 5) is 12.7. The Morgan fingerprint density at radius 3 is 2.72 bits per heavy atom. The maximum Gasteiger partial charge on any atom is 0.410 e. The van der Waals surface area contributed by atoms with Crippen LogP contribution in [-0.4, -0.2) is 21.9 Å². The van der Waals surface area contributed by atoms with E-state index in [4.69, 9.17) is 27.6 Å². The van der Waals surface area contributed by atoms with E-state index in [1.807, 2.05) is 0 Å². The molecule has 0 saturated carbocycles. The molecule has 6 nitrogen and oxygen atoms in total. The van der Waals surface area contributed by atoms with E-state index in [2.05, 4.69) is 15.7 Å². The Hall–Kier alpha value is -2.65. The fourth-order valence-corrected chi connectivity index (χ4v) is 3.48. The Kier molecular flexibility index (Phi) is 4.95. The van der Waals surface area contributed by atoms with Crippen LogP contribution in [0.4, 0.5) is 24.7 Å². The number of nitrogens with zero attached hydrogens (tertiary/aromatic N) is 2. The van der Waals surface area contributed by atoms with Gasteiger partial charge in [-0.2, -0.15) is 18.3 Å². The molecule has 1 aliphatic rings. The third kappa shape index (κ3) is 3.79. The van der Waals surface area contributed by atoms with Crippen LogP contribution in [-0.2, 0) is 0 Å². The summed E-state index contributed by atoms with van der Waals surface area (Å²) in [6.45, 7) is 0. The number of benzene rings is 1. The van der Waals surface area contributed by atoms with Crippen molar-refractivity contribution in [1.29, 1.82) is 0 Å². The van der Waals surface area contributed by atoms with Crippen molar-refractivity contribution in [3.8, 4) is 0 Å². The third-order valence-electron chi connectivity index (χ3n) is 4.55. The van der Waals surface area contributed by atoms with Gasteiger partial charge in [-0.05, 0) is 30.3 Å². The lowest BCUT2D eigenvalue weighted by atomic mass is 10.0. The SMILES string of the molecule is O=C(Nc1ccc(Cl)c(Cl)c1)c1cnn2c1N[C@H](c1ccco1)C[C@H]2C(F)(F)F. The summed E-state index contributed by atoms with van der Waals surface area (Å²) >= 11 is 11.8. The zero-order chi connectivity index (χ0) is 20.8. The first-order valence-electron chi connectivity index (χ1n) is 8.44. The molecule has 0 radical (unpaired) electrons. The molecule has 0 saturated heterocycles. The normalized spacial score (nSPS) is 18.8. The van der Waals surface area contributed by atoms with Crippen LogP contribution in [0.25, 0.3) is 0 Å². The van der Waals surface area contributed by atoms with Gasteiger partial charge in [-0.15, -0.1) is 0 Å². The van der Waals surface area contributed by atoms with Crippen LogP contribution >= 0.6 is 23.2 Å². The van der Waals surface area contributed by atoms with E-state index in [0.717, 1.165) is 10.9 Å². The van der Waals surface area contributed by atoms with Gasteiger partial charge < -0.3 is 15.1 Å². The second-order valence-corrected chi connectivity index (χ2v) is 7.25. The van der Waals surface area contributed by atoms with Crippen molar-refractivity contribution in [2.75, 3.05) is 10.6 Å². The fraction of sp³-hybridized carbons (Fsp3) is 0.222. The largest absolute Gasteiger partial charge is 0.467 e. The van der Waals surface area contributed by atoms with E-state index in [0.29, 0.717) is 16.5 Å². The van der Waals surface area contributed by atoms with Crippen LogP contribution in [0.5, 0.6) is 0 Å². The molecule has 11 heteroatoms. The topological polar surface area (TPSA) is 72.1 Å². The minimum absolute atomic E-state index is 0.0402. The lowest BCUT2D eigenvalue weighted by Crippen LogP contribution is -2.36. The monoisotopic (exact) mass is 444 g/mol. The van der Waals surface area contributed by atoms with E-state index in [9.17, 15) is 18.0 Å². The van der Waals surface area contributed by atoms with Crippen LogP contribution in [0.2, 0.25) is 10.0 Å². The van der Waals surface area contributed by atoms with Gasteiger partial charge in [-0.1, -0.05) is 23.2 Å². The van der Waals surface area contributed by atoms with Gasteiger partial charge in [0.15, 0.2) is 6.04 Å². The van der Waals surface area contributed by atoms with Gasteiger partial charge in [0.25, 0.3) is 5.91 Å². The number of carbonyl (C=O) groups excluding carboxylic acids is 1. The molecule has 0 unspecified atom stereocenters. The highest BCUT2D eigenvalue weighted by molar-refractivity contribution is 6.42. The first kappa shape index (κ1) is 19.7. The van der Waals surface area contributed by atoms with E-state index in [1.165, 1.54) is 24.5 Å².